The van der Waals surface area contributed by atoms with Gasteiger partial charge in [-0.3, -0.25) is 18.5 Å². The van der Waals surface area contributed by atoms with E-state index in [1.165, 1.54) is 0 Å². The highest BCUT2D eigenvalue weighted by atomic mass is 32.2. The van der Waals surface area contributed by atoms with Crippen molar-refractivity contribution in [2.24, 2.45) is 0 Å². The van der Waals surface area contributed by atoms with Crippen LogP contribution in [-0.2, 0) is 32.7 Å². The number of sulfone groups is 1. The molecule has 0 amide bonds. The first kappa shape index (κ1) is 36.0. The van der Waals surface area contributed by atoms with Gasteiger partial charge in [0.1, 0.15) is 24.1 Å². The second-order valence-electron chi connectivity index (χ2n) is 15.0. The SMILES string of the molecule is Cc1cnc2[nH]c3c(OC[C@@H]4CN(CCOP(=O)(OC(C)(C)C)OC(C)(C)C)CCO4)ccc(-c4cccc(S(=O)(=O)C5CC5)c4)c3c2c1. The van der Waals surface area contributed by atoms with E-state index < -0.39 is 28.9 Å². The Hall–Kier alpha value is -2.83. The van der Waals surface area contributed by atoms with Crippen molar-refractivity contribution in [1.82, 2.24) is 14.9 Å². The van der Waals surface area contributed by atoms with E-state index in [4.69, 9.17) is 23.0 Å². The fourth-order valence-electron chi connectivity index (χ4n) is 6.03. The average molecular weight is 714 g/mol. The number of aryl methyl sites for hydroxylation is 1. The van der Waals surface area contributed by atoms with Crippen molar-refractivity contribution in [1.29, 1.82) is 0 Å². The number of hydrogen-bond acceptors (Lipinski definition) is 10. The number of morpholine rings is 1. The molecular formula is C36H48N3O8PS. The van der Waals surface area contributed by atoms with Gasteiger partial charge >= 0.3 is 7.82 Å². The molecule has 1 saturated heterocycles. The molecule has 2 fully saturated rings. The van der Waals surface area contributed by atoms with E-state index in [1.54, 1.807) is 12.1 Å². The van der Waals surface area contributed by atoms with Gasteiger partial charge in [0.25, 0.3) is 0 Å². The molecule has 13 heteroatoms. The lowest BCUT2D eigenvalue weighted by atomic mass is 9.99. The molecule has 0 bridgehead atoms. The number of ether oxygens (including phenoxy) is 2. The Balaban J connectivity index is 1.18. The van der Waals surface area contributed by atoms with E-state index in [2.05, 4.69) is 20.9 Å². The molecule has 0 unspecified atom stereocenters. The fourth-order valence-corrected chi connectivity index (χ4v) is 9.52. The highest BCUT2D eigenvalue weighted by Crippen LogP contribution is 2.55. The van der Waals surface area contributed by atoms with Crippen molar-refractivity contribution in [2.45, 2.75) is 88.8 Å². The molecule has 1 atom stereocenters. The van der Waals surface area contributed by atoms with E-state index >= 15 is 0 Å². The molecule has 6 rings (SSSR count). The van der Waals surface area contributed by atoms with Crippen molar-refractivity contribution in [3.8, 4) is 16.9 Å². The highest BCUT2D eigenvalue weighted by Gasteiger charge is 2.38. The molecule has 1 aliphatic carbocycles. The predicted molar refractivity (Wildman–Crippen MR) is 191 cm³/mol. The van der Waals surface area contributed by atoms with Crippen LogP contribution in [0.3, 0.4) is 0 Å². The maximum absolute atomic E-state index is 13.4. The van der Waals surface area contributed by atoms with Crippen LogP contribution in [0.15, 0.2) is 53.6 Å². The zero-order chi connectivity index (χ0) is 35.2. The van der Waals surface area contributed by atoms with Gasteiger partial charge in [-0.05, 0) is 108 Å². The molecule has 266 valence electrons. The molecule has 4 aromatic rings. The number of fused-ring (bicyclic) bond motifs is 3. The van der Waals surface area contributed by atoms with Crippen molar-refractivity contribution in [3.05, 3.63) is 54.2 Å². The Morgan fingerprint density at radius 2 is 1.78 bits per heavy atom. The predicted octanol–water partition coefficient (Wildman–Crippen LogP) is 7.46. The molecule has 0 spiro atoms. The second-order valence-corrected chi connectivity index (χ2v) is 18.7. The number of phosphoric ester groups is 1. The molecule has 1 saturated carbocycles. The van der Waals surface area contributed by atoms with E-state index in [0.717, 1.165) is 38.6 Å². The molecule has 3 heterocycles. The van der Waals surface area contributed by atoms with Crippen molar-refractivity contribution < 1.29 is 36.0 Å². The fraction of sp³-hybridized carbons (Fsp3) is 0.528. The lowest BCUT2D eigenvalue weighted by molar-refractivity contribution is -0.0528. The van der Waals surface area contributed by atoms with Gasteiger partial charge in [0, 0.05) is 36.6 Å². The summed E-state index contributed by atoms with van der Waals surface area (Å²) in [5.74, 6) is 0.653. The highest BCUT2D eigenvalue weighted by molar-refractivity contribution is 7.92. The van der Waals surface area contributed by atoms with E-state index in [1.807, 2.05) is 78.9 Å². The maximum atomic E-state index is 13.4. The monoisotopic (exact) mass is 713 g/mol. The van der Waals surface area contributed by atoms with Gasteiger partial charge in [-0.1, -0.05) is 12.1 Å². The van der Waals surface area contributed by atoms with Gasteiger partial charge in [-0.25, -0.2) is 18.0 Å². The number of aromatic amines is 1. The zero-order valence-corrected chi connectivity index (χ0v) is 31.2. The zero-order valence-electron chi connectivity index (χ0n) is 29.4. The third-order valence-corrected chi connectivity index (χ3v) is 12.5. The van der Waals surface area contributed by atoms with Gasteiger partial charge in [0.05, 0.1) is 40.1 Å². The Morgan fingerprint density at radius 3 is 2.47 bits per heavy atom. The molecule has 49 heavy (non-hydrogen) atoms. The van der Waals surface area contributed by atoms with Gasteiger partial charge in [0.15, 0.2) is 9.84 Å². The third kappa shape index (κ3) is 8.73. The first-order chi connectivity index (χ1) is 23.0. The summed E-state index contributed by atoms with van der Waals surface area (Å²) in [6.45, 7) is 15.7. The van der Waals surface area contributed by atoms with E-state index in [9.17, 15) is 13.0 Å². The molecule has 2 aromatic carbocycles. The van der Waals surface area contributed by atoms with E-state index in [0.29, 0.717) is 56.3 Å². The number of H-pyrrole nitrogens is 1. The summed E-state index contributed by atoms with van der Waals surface area (Å²) in [5.41, 5.74) is 2.84. The summed E-state index contributed by atoms with van der Waals surface area (Å²) in [7, 11) is -7.14. The van der Waals surface area contributed by atoms with Crippen LogP contribution in [0.4, 0.5) is 0 Å². The quantitative estimate of drug-likeness (QED) is 0.148. The number of pyridine rings is 1. The number of benzene rings is 2. The Bertz CT molecular complexity index is 1960. The number of rotatable bonds is 12. The van der Waals surface area contributed by atoms with Crippen LogP contribution in [0.5, 0.6) is 5.75 Å². The van der Waals surface area contributed by atoms with Crippen LogP contribution >= 0.6 is 7.82 Å². The molecule has 0 radical (unpaired) electrons. The van der Waals surface area contributed by atoms with E-state index in [-0.39, 0.29) is 18.0 Å². The number of aromatic nitrogens is 2. The van der Waals surface area contributed by atoms with Crippen LogP contribution in [0.25, 0.3) is 33.1 Å². The lowest BCUT2D eigenvalue weighted by Gasteiger charge is -2.34. The normalized spacial score (nSPS) is 18.4. The minimum Gasteiger partial charge on any atom is -0.489 e. The second kappa shape index (κ2) is 13.7. The Kier molecular flexibility index (Phi) is 10.1. The summed E-state index contributed by atoms with van der Waals surface area (Å²) in [6.07, 6.45) is 3.04. The summed E-state index contributed by atoms with van der Waals surface area (Å²) in [4.78, 5) is 10.6. The summed E-state index contributed by atoms with van der Waals surface area (Å²) >= 11 is 0. The third-order valence-electron chi connectivity index (χ3n) is 8.22. The molecule has 11 nitrogen and oxygen atoms in total. The smallest absolute Gasteiger partial charge is 0.475 e. The van der Waals surface area contributed by atoms with Crippen molar-refractivity contribution in [3.63, 3.8) is 0 Å². The summed E-state index contributed by atoms with van der Waals surface area (Å²) in [5, 5.41) is 1.58. The lowest BCUT2D eigenvalue weighted by Crippen LogP contribution is -2.46. The Morgan fingerprint density at radius 1 is 1.04 bits per heavy atom. The summed E-state index contributed by atoms with van der Waals surface area (Å²) in [6, 6.07) is 13.2. The first-order valence-electron chi connectivity index (χ1n) is 16.9. The molecule has 1 aliphatic heterocycles. The molecule has 2 aliphatic rings. The van der Waals surface area contributed by atoms with Crippen molar-refractivity contribution >= 4 is 39.6 Å². The summed E-state index contributed by atoms with van der Waals surface area (Å²) < 4.78 is 69.4. The standard InChI is InChI=1S/C36H48N3O8PS/c1-24-19-30-32-29(25-9-8-10-28(20-25)49(41,42)27-11-12-27)13-14-31(33(32)38-34(30)37-21-24)44-23-26-22-39(15-17-43-26)16-18-45-48(40,46-35(2,3)4)47-36(5,6)7/h8-10,13-14,19-21,26-27H,11-12,15-18,22-23H2,1-7H3,(H,37,38)/t26-/m0/s1. The number of hydrogen-bond donors (Lipinski definition) is 1. The minimum absolute atomic E-state index is 0.170. The molecule has 2 aromatic heterocycles. The van der Waals surface area contributed by atoms with Gasteiger partial charge in [-0.2, -0.15) is 0 Å². The topological polar surface area (TPSA) is 129 Å². The van der Waals surface area contributed by atoms with Crippen LogP contribution in [0, 0.1) is 6.92 Å². The Labute approximate surface area is 289 Å². The maximum Gasteiger partial charge on any atom is 0.475 e. The minimum atomic E-state index is -3.80. The van der Waals surface area contributed by atoms with Crippen LogP contribution in [0.2, 0.25) is 0 Å². The average Bonchev–Trinajstić information content (AvgIpc) is 3.80. The van der Waals surface area contributed by atoms with Crippen LogP contribution in [-0.4, -0.2) is 85.3 Å². The number of phosphoric acid groups is 1. The molecule has 1 N–H and O–H groups in total. The van der Waals surface area contributed by atoms with Crippen molar-refractivity contribution in [2.75, 3.05) is 39.5 Å². The largest absolute Gasteiger partial charge is 0.489 e. The number of nitrogens with zero attached hydrogens (tertiary/aromatic N) is 2. The van der Waals surface area contributed by atoms with Crippen LogP contribution in [0.1, 0.15) is 59.9 Å². The first-order valence-corrected chi connectivity index (χ1v) is 19.9. The van der Waals surface area contributed by atoms with Gasteiger partial charge in [-0.15, -0.1) is 0 Å². The van der Waals surface area contributed by atoms with Crippen LogP contribution < -0.4 is 4.74 Å². The molecular weight excluding hydrogens is 665 g/mol. The van der Waals surface area contributed by atoms with Gasteiger partial charge in [0.2, 0.25) is 0 Å². The van der Waals surface area contributed by atoms with Gasteiger partial charge < -0.3 is 14.5 Å². The number of nitrogens with one attached hydrogen (secondary N) is 1.